The number of anilines is 4. The van der Waals surface area contributed by atoms with Crippen LogP contribution in [0, 0.1) is 13.8 Å². The van der Waals surface area contributed by atoms with Crippen LogP contribution in [0.5, 0.6) is 0 Å². The number of para-hydroxylation sites is 3. The summed E-state index contributed by atoms with van der Waals surface area (Å²) in [6, 6.07) is 19.0. The first-order chi connectivity index (χ1) is 28.5. The topological polar surface area (TPSA) is 137 Å². The van der Waals surface area contributed by atoms with Gasteiger partial charge in [-0.2, -0.15) is 0 Å². The van der Waals surface area contributed by atoms with Crippen LogP contribution in [0.4, 0.5) is 36.7 Å². The summed E-state index contributed by atoms with van der Waals surface area (Å²) in [5, 5.41) is 1.34. The van der Waals surface area contributed by atoms with Gasteiger partial charge in [-0.3, -0.25) is 9.59 Å². The predicted octanol–water partition coefficient (Wildman–Crippen LogP) is 6.77. The van der Waals surface area contributed by atoms with E-state index in [1.807, 2.05) is 62.4 Å². The largest absolute Gasteiger partial charge is 0.427 e. The zero-order valence-electron chi connectivity index (χ0n) is 33.3. The molecule has 0 aliphatic carbocycles. The zero-order valence-corrected chi connectivity index (χ0v) is 35.0. The molecule has 4 aliphatic heterocycles. The van der Waals surface area contributed by atoms with E-state index in [4.69, 9.17) is 23.9 Å². The molecule has 2 aromatic carbocycles. The highest BCUT2D eigenvalue weighted by molar-refractivity contribution is 7.17. The molecule has 0 radical (unpaired) electrons. The van der Waals surface area contributed by atoms with Crippen molar-refractivity contribution in [3.63, 3.8) is 0 Å². The fourth-order valence-electron chi connectivity index (χ4n) is 7.43. The van der Waals surface area contributed by atoms with Crippen molar-refractivity contribution in [3.05, 3.63) is 87.1 Å². The van der Waals surface area contributed by atoms with E-state index in [1.54, 1.807) is 6.07 Å². The van der Waals surface area contributed by atoms with Crippen molar-refractivity contribution in [2.75, 3.05) is 89.8 Å². The lowest BCUT2D eigenvalue weighted by atomic mass is 10.1. The van der Waals surface area contributed by atoms with E-state index in [-0.39, 0.29) is 0 Å². The first-order valence-corrected chi connectivity index (χ1v) is 21.0. The third-order valence-electron chi connectivity index (χ3n) is 10.5. The van der Waals surface area contributed by atoms with Gasteiger partial charge in [0.05, 0.1) is 22.6 Å². The fourth-order valence-corrected chi connectivity index (χ4v) is 9.46. The molecule has 0 unspecified atom stereocenters. The number of carbonyl (C=O) groups excluding carboxylic acids is 4. The number of benzene rings is 2. The molecule has 2 saturated heterocycles. The Morgan fingerprint density at radius 1 is 0.627 bits per heavy atom. The number of aliphatic imine (C=N–C) groups is 1. The number of carbonyl (C=O) groups is 4. The molecule has 8 rings (SSSR count). The number of amidine groups is 1. The van der Waals surface area contributed by atoms with E-state index in [2.05, 4.69) is 45.8 Å². The summed E-state index contributed by atoms with van der Waals surface area (Å²) in [6.07, 6.45) is -0.203. The summed E-state index contributed by atoms with van der Waals surface area (Å²) in [5.41, 5.74) is 5.35. The van der Waals surface area contributed by atoms with Crippen molar-refractivity contribution in [2.45, 2.75) is 20.3 Å². The first kappa shape index (κ1) is 40.0. The quantitative estimate of drug-likeness (QED) is 0.110. The van der Waals surface area contributed by atoms with E-state index in [0.717, 1.165) is 90.3 Å². The van der Waals surface area contributed by atoms with Crippen LogP contribution in [-0.4, -0.2) is 130 Å². The molecular formula is C42H45N7O8S2. The second-order valence-electron chi connectivity index (χ2n) is 14.7. The van der Waals surface area contributed by atoms with Crippen LogP contribution in [0.1, 0.15) is 32.9 Å². The number of rotatable bonds is 7. The van der Waals surface area contributed by atoms with Crippen molar-refractivity contribution < 1.29 is 38.1 Å². The summed E-state index contributed by atoms with van der Waals surface area (Å²) in [6.45, 7) is 9.37. The number of hydrogen-bond acceptors (Lipinski definition) is 15. The standard InChI is InChI=1S/C42H45N7O8S2/c1-27-21-30-35(46-17-13-44(3)14-18-46)23-29-9-5-7-11-33(29)48(39(30)58-27)41(52)56-25-54-36(50)24-37(51)55-26-57-42(53)49-34-12-8-6-10-32(34)43-38(31-22-28(2)59-40(31)49)47-19-15-45(4)16-20-47/h5-12,21-23H,13-20,24-26H2,1-4H3. The number of ether oxygens (including phenoxy) is 4. The highest BCUT2D eigenvalue weighted by atomic mass is 32.1. The van der Waals surface area contributed by atoms with Crippen LogP contribution in [0.2, 0.25) is 0 Å². The number of likely N-dealkylation sites (N-methyl/N-ethyl adjacent to an activating group) is 2. The summed E-state index contributed by atoms with van der Waals surface area (Å²) in [5.74, 6) is -1.18. The SMILES string of the molecule is Cc1cc2c(s1)N(C(=O)OCOC(=O)CC(=O)OCOC(=O)N1c3ccccc3N=C(N3CCN(C)CC3)c3cc(C)sc31)c1ccccc1C=C2N1CCN(C)CC1. The van der Waals surface area contributed by atoms with E-state index in [0.29, 0.717) is 27.1 Å². The van der Waals surface area contributed by atoms with Gasteiger partial charge in [0.15, 0.2) is 0 Å². The lowest BCUT2D eigenvalue weighted by Gasteiger charge is -2.35. The maximum absolute atomic E-state index is 13.8. The Balaban J connectivity index is 0.869. The third kappa shape index (κ3) is 8.55. The minimum atomic E-state index is -0.985. The molecule has 308 valence electrons. The van der Waals surface area contributed by atoms with Gasteiger partial charge in [0.25, 0.3) is 0 Å². The molecule has 4 aromatic rings. The molecule has 59 heavy (non-hydrogen) atoms. The number of nitrogens with zero attached hydrogens (tertiary/aromatic N) is 7. The Kier molecular flexibility index (Phi) is 11.7. The number of piperazine rings is 2. The van der Waals surface area contributed by atoms with Gasteiger partial charge >= 0.3 is 24.1 Å². The average molecular weight is 840 g/mol. The Labute approximate surface area is 350 Å². The second kappa shape index (κ2) is 17.2. The van der Waals surface area contributed by atoms with Crippen molar-refractivity contribution in [1.29, 1.82) is 0 Å². The maximum Gasteiger partial charge on any atom is 0.422 e. The van der Waals surface area contributed by atoms with Gasteiger partial charge in [0.2, 0.25) is 13.6 Å². The molecule has 0 bridgehead atoms. The number of fused-ring (bicyclic) bond motifs is 4. The summed E-state index contributed by atoms with van der Waals surface area (Å²) >= 11 is 2.90. The maximum atomic E-state index is 13.8. The molecule has 4 aliphatic rings. The first-order valence-electron chi connectivity index (χ1n) is 19.4. The van der Waals surface area contributed by atoms with E-state index < -0.39 is 44.1 Å². The van der Waals surface area contributed by atoms with Crippen LogP contribution in [-0.2, 0) is 28.5 Å². The highest BCUT2D eigenvalue weighted by Crippen LogP contribution is 2.47. The molecule has 2 aromatic heterocycles. The van der Waals surface area contributed by atoms with E-state index >= 15 is 0 Å². The van der Waals surface area contributed by atoms with Crippen LogP contribution < -0.4 is 9.80 Å². The molecule has 6 heterocycles. The molecule has 2 fully saturated rings. The molecule has 15 nitrogen and oxygen atoms in total. The highest BCUT2D eigenvalue weighted by Gasteiger charge is 2.35. The van der Waals surface area contributed by atoms with Gasteiger partial charge in [-0.25, -0.2) is 24.4 Å². The molecule has 0 saturated carbocycles. The monoisotopic (exact) mass is 839 g/mol. The number of thiophene rings is 2. The normalized spacial score (nSPS) is 16.7. The van der Waals surface area contributed by atoms with Gasteiger partial charge in [-0.15, -0.1) is 22.7 Å². The number of aryl methyl sites for hydroxylation is 2. The van der Waals surface area contributed by atoms with Crippen molar-refractivity contribution in [1.82, 2.24) is 19.6 Å². The Bertz CT molecular complexity index is 2160. The number of esters is 2. The summed E-state index contributed by atoms with van der Waals surface area (Å²) in [7, 11) is 4.20. The van der Waals surface area contributed by atoms with E-state index in [9.17, 15) is 19.2 Å². The van der Waals surface area contributed by atoms with E-state index in [1.165, 1.54) is 32.5 Å². The zero-order chi connectivity index (χ0) is 41.2. The smallest absolute Gasteiger partial charge is 0.422 e. The number of amides is 2. The summed E-state index contributed by atoms with van der Waals surface area (Å²) < 4.78 is 21.2. The number of hydrogen-bond donors (Lipinski definition) is 0. The summed E-state index contributed by atoms with van der Waals surface area (Å²) in [4.78, 5) is 71.9. The minimum absolute atomic E-state index is 0.523. The van der Waals surface area contributed by atoms with Gasteiger partial charge in [-0.1, -0.05) is 30.3 Å². The Morgan fingerprint density at radius 3 is 1.76 bits per heavy atom. The van der Waals surface area contributed by atoms with Gasteiger partial charge < -0.3 is 38.5 Å². The van der Waals surface area contributed by atoms with Crippen molar-refractivity contribution in [2.24, 2.45) is 4.99 Å². The molecular weight excluding hydrogens is 795 g/mol. The second-order valence-corrected chi connectivity index (χ2v) is 17.2. The predicted molar refractivity (Wildman–Crippen MR) is 227 cm³/mol. The van der Waals surface area contributed by atoms with Crippen LogP contribution in [0.25, 0.3) is 11.8 Å². The Morgan fingerprint density at radius 2 is 1.14 bits per heavy atom. The van der Waals surface area contributed by atoms with Crippen LogP contribution in [0.15, 0.2) is 65.7 Å². The molecule has 0 N–H and O–H groups in total. The lowest BCUT2D eigenvalue weighted by Crippen LogP contribution is -2.47. The lowest BCUT2D eigenvalue weighted by molar-refractivity contribution is -0.162. The van der Waals surface area contributed by atoms with Crippen molar-refractivity contribution in [3.8, 4) is 0 Å². The minimum Gasteiger partial charge on any atom is -0.427 e. The Hall–Kier alpha value is -5.75. The third-order valence-corrected chi connectivity index (χ3v) is 12.6. The van der Waals surface area contributed by atoms with Crippen LogP contribution >= 0.6 is 22.7 Å². The molecule has 0 spiro atoms. The average Bonchev–Trinajstić information content (AvgIpc) is 3.71. The van der Waals surface area contributed by atoms with Gasteiger partial charge in [0, 0.05) is 78.9 Å². The van der Waals surface area contributed by atoms with Crippen molar-refractivity contribution >= 4 is 91.5 Å². The fraction of sp³-hybridized carbons (Fsp3) is 0.357. The molecule has 0 atom stereocenters. The van der Waals surface area contributed by atoms with Crippen LogP contribution in [0.3, 0.4) is 0 Å². The molecule has 17 heteroatoms. The van der Waals surface area contributed by atoms with Gasteiger partial charge in [-0.05, 0) is 64.4 Å². The van der Waals surface area contributed by atoms with Gasteiger partial charge in [0.1, 0.15) is 22.3 Å². The molecule has 2 amide bonds.